The lowest BCUT2D eigenvalue weighted by atomic mass is 10.2. The summed E-state index contributed by atoms with van der Waals surface area (Å²) < 4.78 is 0. The molecular formula is C9H11N5O. The van der Waals surface area contributed by atoms with E-state index in [1.54, 1.807) is 19.2 Å². The van der Waals surface area contributed by atoms with Crippen molar-refractivity contribution in [2.45, 2.75) is 13.8 Å². The Hall–Kier alpha value is -2.11. The van der Waals surface area contributed by atoms with Crippen LogP contribution in [0.15, 0.2) is 12.3 Å². The van der Waals surface area contributed by atoms with Crippen LogP contribution in [0.3, 0.4) is 0 Å². The molecule has 0 spiro atoms. The summed E-state index contributed by atoms with van der Waals surface area (Å²) in [5.41, 5.74) is 2.01. The monoisotopic (exact) mass is 205 g/mol. The van der Waals surface area contributed by atoms with Gasteiger partial charge in [-0.05, 0) is 13.8 Å². The van der Waals surface area contributed by atoms with Gasteiger partial charge in [0.25, 0.3) is 5.91 Å². The van der Waals surface area contributed by atoms with E-state index in [0.29, 0.717) is 17.1 Å². The quantitative estimate of drug-likeness (QED) is 0.683. The summed E-state index contributed by atoms with van der Waals surface area (Å²) in [6.45, 7) is 3.59. The van der Waals surface area contributed by atoms with Gasteiger partial charge < -0.3 is 5.32 Å². The molecule has 0 radical (unpaired) electrons. The predicted octanol–water partition coefficient (Wildman–Crippen LogP) is 1.00. The Morgan fingerprint density at radius 1 is 1.40 bits per heavy atom. The van der Waals surface area contributed by atoms with Crippen LogP contribution in [0, 0.1) is 13.8 Å². The highest BCUT2D eigenvalue weighted by atomic mass is 16.1. The highest BCUT2D eigenvalue weighted by Crippen LogP contribution is 2.11. The Labute approximate surface area is 86.1 Å². The van der Waals surface area contributed by atoms with Gasteiger partial charge in [0.2, 0.25) is 0 Å². The number of nitrogens with zero attached hydrogens (tertiary/aromatic N) is 2. The zero-order chi connectivity index (χ0) is 10.8. The number of hydrogen-bond acceptors (Lipinski definition) is 3. The molecule has 0 saturated carbocycles. The van der Waals surface area contributed by atoms with Crippen LogP contribution in [0.4, 0.5) is 5.82 Å². The van der Waals surface area contributed by atoms with Crippen LogP contribution in [0.2, 0.25) is 0 Å². The molecule has 0 bridgehead atoms. The molecule has 0 aliphatic heterocycles. The predicted molar refractivity (Wildman–Crippen MR) is 54.6 cm³/mol. The summed E-state index contributed by atoms with van der Waals surface area (Å²) in [6.07, 6.45) is 1.57. The Morgan fingerprint density at radius 3 is 2.73 bits per heavy atom. The maximum Gasteiger partial charge on any atom is 0.260 e. The first kappa shape index (κ1) is 9.45. The fraction of sp³-hybridized carbons (Fsp3) is 0.222. The van der Waals surface area contributed by atoms with Crippen LogP contribution in [0.1, 0.15) is 21.7 Å². The first-order valence-corrected chi connectivity index (χ1v) is 4.51. The number of anilines is 1. The molecule has 0 aliphatic carbocycles. The van der Waals surface area contributed by atoms with Crippen molar-refractivity contribution < 1.29 is 4.79 Å². The number of carbonyl (C=O) groups excluding carboxylic acids is 1. The number of hydrogen-bond donors (Lipinski definition) is 3. The van der Waals surface area contributed by atoms with E-state index >= 15 is 0 Å². The summed E-state index contributed by atoms with van der Waals surface area (Å²) >= 11 is 0. The van der Waals surface area contributed by atoms with Crippen LogP contribution < -0.4 is 5.32 Å². The molecule has 78 valence electrons. The second-order valence-electron chi connectivity index (χ2n) is 3.23. The molecular weight excluding hydrogens is 194 g/mol. The fourth-order valence-electron chi connectivity index (χ4n) is 1.40. The van der Waals surface area contributed by atoms with Crippen molar-refractivity contribution in [3.8, 4) is 0 Å². The molecule has 6 nitrogen and oxygen atoms in total. The molecule has 0 aromatic carbocycles. The molecule has 0 atom stereocenters. The van der Waals surface area contributed by atoms with Crippen molar-refractivity contribution in [2.24, 2.45) is 0 Å². The number of H-pyrrole nitrogens is 2. The molecule has 2 aromatic rings. The van der Waals surface area contributed by atoms with Gasteiger partial charge in [-0.15, -0.1) is 0 Å². The normalized spacial score (nSPS) is 10.3. The molecule has 0 aliphatic rings. The lowest BCUT2D eigenvalue weighted by Gasteiger charge is -2.01. The molecule has 15 heavy (non-hydrogen) atoms. The van der Waals surface area contributed by atoms with E-state index in [0.717, 1.165) is 5.69 Å². The SMILES string of the molecule is Cc1n[nH]c(C)c1C(=O)Nc1ccn[nH]1. The Kier molecular flexibility index (Phi) is 2.24. The first-order chi connectivity index (χ1) is 7.18. The lowest BCUT2D eigenvalue weighted by Crippen LogP contribution is -2.13. The molecule has 0 fully saturated rings. The van der Waals surface area contributed by atoms with Crippen LogP contribution in [0.25, 0.3) is 0 Å². The second kappa shape index (κ2) is 3.56. The number of aromatic nitrogens is 4. The van der Waals surface area contributed by atoms with Gasteiger partial charge in [0.15, 0.2) is 0 Å². The minimum absolute atomic E-state index is 0.192. The van der Waals surface area contributed by atoms with Crippen molar-refractivity contribution in [1.82, 2.24) is 20.4 Å². The number of carbonyl (C=O) groups is 1. The van der Waals surface area contributed by atoms with Gasteiger partial charge in [0.1, 0.15) is 5.82 Å². The minimum atomic E-state index is -0.192. The number of aromatic amines is 2. The molecule has 0 saturated heterocycles. The van der Waals surface area contributed by atoms with E-state index in [-0.39, 0.29) is 5.91 Å². The third kappa shape index (κ3) is 1.74. The summed E-state index contributed by atoms with van der Waals surface area (Å²) in [5, 5.41) is 15.8. The minimum Gasteiger partial charge on any atom is -0.307 e. The van der Waals surface area contributed by atoms with Gasteiger partial charge in [0.05, 0.1) is 17.5 Å². The van der Waals surface area contributed by atoms with Crippen molar-refractivity contribution in [3.63, 3.8) is 0 Å². The molecule has 2 aromatic heterocycles. The average molecular weight is 205 g/mol. The standard InChI is InChI=1S/C9H11N5O/c1-5-8(6(2)13-12-5)9(15)11-7-3-4-10-14-7/h3-4H,1-2H3,(H,12,13)(H2,10,11,14,15). The molecule has 1 amide bonds. The Morgan fingerprint density at radius 2 is 2.20 bits per heavy atom. The van der Waals surface area contributed by atoms with Crippen molar-refractivity contribution >= 4 is 11.7 Å². The molecule has 6 heteroatoms. The maximum atomic E-state index is 11.8. The zero-order valence-corrected chi connectivity index (χ0v) is 8.46. The summed E-state index contributed by atoms with van der Waals surface area (Å²) in [6, 6.07) is 1.68. The lowest BCUT2D eigenvalue weighted by molar-refractivity contribution is 0.102. The zero-order valence-electron chi connectivity index (χ0n) is 8.46. The van der Waals surface area contributed by atoms with E-state index in [2.05, 4.69) is 25.7 Å². The summed E-state index contributed by atoms with van der Waals surface area (Å²) in [7, 11) is 0. The number of aryl methyl sites for hydroxylation is 2. The highest BCUT2D eigenvalue weighted by Gasteiger charge is 2.15. The molecule has 2 rings (SSSR count). The highest BCUT2D eigenvalue weighted by molar-refractivity contribution is 6.05. The molecule has 0 unspecified atom stereocenters. The first-order valence-electron chi connectivity index (χ1n) is 4.51. The van der Waals surface area contributed by atoms with E-state index in [4.69, 9.17) is 0 Å². The van der Waals surface area contributed by atoms with Gasteiger partial charge >= 0.3 is 0 Å². The molecule has 3 N–H and O–H groups in total. The Bertz CT molecular complexity index is 451. The smallest absolute Gasteiger partial charge is 0.260 e. The van der Waals surface area contributed by atoms with Crippen LogP contribution in [0.5, 0.6) is 0 Å². The van der Waals surface area contributed by atoms with Gasteiger partial charge in [-0.2, -0.15) is 10.2 Å². The fourth-order valence-corrected chi connectivity index (χ4v) is 1.40. The van der Waals surface area contributed by atoms with Crippen molar-refractivity contribution in [3.05, 3.63) is 29.2 Å². The van der Waals surface area contributed by atoms with Crippen LogP contribution >= 0.6 is 0 Å². The largest absolute Gasteiger partial charge is 0.307 e. The molecule has 2 heterocycles. The van der Waals surface area contributed by atoms with Gasteiger partial charge in [-0.3, -0.25) is 15.0 Å². The van der Waals surface area contributed by atoms with Crippen LogP contribution in [-0.4, -0.2) is 26.3 Å². The maximum absolute atomic E-state index is 11.8. The Balaban J connectivity index is 2.22. The topological polar surface area (TPSA) is 86.5 Å². The van der Waals surface area contributed by atoms with E-state index in [1.165, 1.54) is 0 Å². The number of nitrogens with one attached hydrogen (secondary N) is 3. The number of rotatable bonds is 2. The average Bonchev–Trinajstić information content (AvgIpc) is 2.77. The number of amides is 1. The second-order valence-corrected chi connectivity index (χ2v) is 3.23. The van der Waals surface area contributed by atoms with Crippen molar-refractivity contribution in [1.29, 1.82) is 0 Å². The van der Waals surface area contributed by atoms with Gasteiger partial charge in [0, 0.05) is 11.8 Å². The van der Waals surface area contributed by atoms with Gasteiger partial charge in [-0.1, -0.05) is 0 Å². The van der Waals surface area contributed by atoms with E-state index < -0.39 is 0 Å². The summed E-state index contributed by atoms with van der Waals surface area (Å²) in [5.74, 6) is 0.378. The summed E-state index contributed by atoms with van der Waals surface area (Å²) in [4.78, 5) is 11.8. The third-order valence-corrected chi connectivity index (χ3v) is 2.10. The van der Waals surface area contributed by atoms with Gasteiger partial charge in [-0.25, -0.2) is 0 Å². The van der Waals surface area contributed by atoms with Crippen molar-refractivity contribution in [2.75, 3.05) is 5.32 Å². The van der Waals surface area contributed by atoms with E-state index in [1.807, 2.05) is 6.92 Å². The third-order valence-electron chi connectivity index (χ3n) is 2.10. The van der Waals surface area contributed by atoms with Crippen LogP contribution in [-0.2, 0) is 0 Å². The van der Waals surface area contributed by atoms with E-state index in [9.17, 15) is 4.79 Å².